The van der Waals surface area contributed by atoms with E-state index in [-0.39, 0.29) is 41.1 Å². The number of hydrogen-bond acceptors (Lipinski definition) is 7. The quantitative estimate of drug-likeness (QED) is 0.134. The van der Waals surface area contributed by atoms with E-state index in [1.165, 1.54) is 12.7 Å². The van der Waals surface area contributed by atoms with Crippen LogP contribution in [0.3, 0.4) is 0 Å². The molecular weight excluding hydrogens is 580 g/mol. The lowest BCUT2D eigenvalue weighted by molar-refractivity contribution is -0.154. The summed E-state index contributed by atoms with van der Waals surface area (Å²) in [6.45, 7) is 0. The van der Waals surface area contributed by atoms with Crippen molar-refractivity contribution in [3.8, 4) is 23.0 Å². The zero-order chi connectivity index (χ0) is 31.9. The molecule has 0 spiro atoms. The Morgan fingerprint density at radius 3 is 2.63 bits per heavy atom. The third-order valence-corrected chi connectivity index (χ3v) is 11.2. The summed E-state index contributed by atoms with van der Waals surface area (Å²) in [5, 5.41) is 47.2. The van der Waals surface area contributed by atoms with Crippen molar-refractivity contribution in [2.24, 2.45) is 17.8 Å². The van der Waals surface area contributed by atoms with E-state index in [1.807, 2.05) is 31.6 Å². The van der Waals surface area contributed by atoms with Crippen molar-refractivity contribution in [1.29, 1.82) is 0 Å². The number of hydrogen-bond donors (Lipinski definition) is 6. The molecule has 1 saturated carbocycles. The van der Waals surface area contributed by atoms with Crippen molar-refractivity contribution in [2.45, 2.75) is 81.1 Å². The highest BCUT2D eigenvalue weighted by atomic mass is 16.5. The van der Waals surface area contributed by atoms with E-state index in [2.05, 4.69) is 46.7 Å². The summed E-state index contributed by atoms with van der Waals surface area (Å²) in [7, 11) is 3.50. The van der Waals surface area contributed by atoms with Gasteiger partial charge < -0.3 is 40.2 Å². The number of aromatic amines is 1. The molecule has 244 valence electrons. The minimum absolute atomic E-state index is 0.0272. The number of aliphatic hydroxyl groups excluding tert-OH is 1. The predicted molar refractivity (Wildman–Crippen MR) is 176 cm³/mol. The first kappa shape index (κ1) is 30.9. The van der Waals surface area contributed by atoms with Crippen molar-refractivity contribution in [1.82, 2.24) is 10.3 Å². The SMILES string of the molecule is CN[C@H]1C=C[C@@H]2[C@@H](CC=C[C@H]2c2cc([C@@H]3CC[C@H]4[C@H](C3)O[C@H](c3cc(O)c(O)c(OC)c3Cc3cc[nH]c3)C[C@@H]4O)ccc2O)C1. The van der Waals surface area contributed by atoms with Crippen molar-refractivity contribution in [3.05, 3.63) is 94.8 Å². The molecule has 8 nitrogen and oxygen atoms in total. The van der Waals surface area contributed by atoms with Crippen LogP contribution in [0.1, 0.15) is 84.3 Å². The zero-order valence-corrected chi connectivity index (χ0v) is 26.6. The van der Waals surface area contributed by atoms with Crippen LogP contribution in [-0.2, 0) is 11.2 Å². The van der Waals surface area contributed by atoms with Gasteiger partial charge in [-0.2, -0.15) is 0 Å². The van der Waals surface area contributed by atoms with Crippen molar-refractivity contribution in [3.63, 3.8) is 0 Å². The van der Waals surface area contributed by atoms with Gasteiger partial charge in [0.25, 0.3) is 0 Å². The number of benzene rings is 2. The van der Waals surface area contributed by atoms with E-state index < -0.39 is 12.2 Å². The second-order valence-corrected chi connectivity index (χ2v) is 13.7. The van der Waals surface area contributed by atoms with Gasteiger partial charge in [-0.15, -0.1) is 0 Å². The molecule has 3 aliphatic carbocycles. The largest absolute Gasteiger partial charge is 0.508 e. The average molecular weight is 627 g/mol. The molecule has 0 bridgehead atoms. The van der Waals surface area contributed by atoms with Gasteiger partial charge in [-0.05, 0) is 91.8 Å². The van der Waals surface area contributed by atoms with Crippen LogP contribution in [-0.4, -0.2) is 57.8 Å². The number of phenolic OH excluding ortho intramolecular Hbond substituents is 3. The number of aromatic nitrogens is 1. The molecule has 6 N–H and O–H groups in total. The third kappa shape index (κ3) is 5.72. The number of allylic oxidation sites excluding steroid dienone is 3. The Morgan fingerprint density at radius 2 is 1.85 bits per heavy atom. The van der Waals surface area contributed by atoms with Gasteiger partial charge in [0.15, 0.2) is 11.5 Å². The molecule has 2 heterocycles. The van der Waals surface area contributed by atoms with Gasteiger partial charge in [0.05, 0.1) is 25.4 Å². The van der Waals surface area contributed by atoms with Gasteiger partial charge in [0.2, 0.25) is 5.75 Å². The van der Waals surface area contributed by atoms with Crippen LogP contribution in [0, 0.1) is 17.8 Å². The lowest BCUT2D eigenvalue weighted by Crippen LogP contribution is -2.44. The van der Waals surface area contributed by atoms with E-state index >= 15 is 0 Å². The number of H-pyrrole nitrogens is 1. The van der Waals surface area contributed by atoms with E-state index in [9.17, 15) is 20.4 Å². The summed E-state index contributed by atoms with van der Waals surface area (Å²) in [5.41, 5.74) is 4.65. The number of nitrogens with one attached hydrogen (secondary N) is 2. The topological polar surface area (TPSA) is 127 Å². The minimum Gasteiger partial charge on any atom is -0.508 e. The number of aliphatic hydroxyl groups is 1. The monoisotopic (exact) mass is 626 g/mol. The van der Waals surface area contributed by atoms with E-state index in [1.54, 1.807) is 6.07 Å². The van der Waals surface area contributed by atoms with Crippen LogP contribution >= 0.6 is 0 Å². The highest BCUT2D eigenvalue weighted by Gasteiger charge is 2.44. The fourth-order valence-electron chi connectivity index (χ4n) is 8.76. The van der Waals surface area contributed by atoms with Crippen LogP contribution in [0.4, 0.5) is 0 Å². The van der Waals surface area contributed by atoms with Crippen LogP contribution in [0.5, 0.6) is 23.0 Å². The highest BCUT2D eigenvalue weighted by molar-refractivity contribution is 5.59. The van der Waals surface area contributed by atoms with Gasteiger partial charge >= 0.3 is 0 Å². The standard InChI is InChI=1S/C38H46N2O6/c1-39-25-8-10-26-24(15-25)4-3-5-27(26)29-16-22(7-11-32(29)41)23-6-9-28-33(42)19-36(46-35(28)17-23)30-18-34(43)37(44)38(45-2)31(30)14-21-12-13-40-20-21/h3,5,7-8,10-13,16,18,20,23-28,33,35-36,39-44H,4,6,9,14-15,17,19H2,1-2H3/t23-,24+,25+,26-,27-,28-,33+,35+,36+/m1/s1. The number of methoxy groups -OCH3 is 1. The first-order valence-corrected chi connectivity index (χ1v) is 16.8. The highest BCUT2D eigenvalue weighted by Crippen LogP contribution is 2.51. The Labute approximate surface area is 270 Å². The Bertz CT molecular complexity index is 1600. The molecule has 9 atom stereocenters. The summed E-state index contributed by atoms with van der Waals surface area (Å²) in [4.78, 5) is 3.07. The van der Waals surface area contributed by atoms with E-state index in [4.69, 9.17) is 9.47 Å². The van der Waals surface area contributed by atoms with Gasteiger partial charge in [0.1, 0.15) is 5.75 Å². The molecule has 1 aromatic heterocycles. The molecule has 3 aromatic rings. The first-order valence-electron chi connectivity index (χ1n) is 16.8. The lowest BCUT2D eigenvalue weighted by Gasteiger charge is -2.45. The molecule has 7 rings (SSSR count). The van der Waals surface area contributed by atoms with Gasteiger partial charge in [-0.1, -0.05) is 36.4 Å². The minimum atomic E-state index is -0.550. The molecule has 46 heavy (non-hydrogen) atoms. The molecule has 2 fully saturated rings. The summed E-state index contributed by atoms with van der Waals surface area (Å²) >= 11 is 0. The van der Waals surface area contributed by atoms with Crippen LogP contribution in [0.25, 0.3) is 0 Å². The van der Waals surface area contributed by atoms with Crippen LogP contribution < -0.4 is 10.1 Å². The van der Waals surface area contributed by atoms with Crippen molar-refractivity contribution >= 4 is 0 Å². The predicted octanol–water partition coefficient (Wildman–Crippen LogP) is 6.33. The molecule has 0 amide bonds. The number of rotatable bonds is 7. The smallest absolute Gasteiger partial charge is 0.200 e. The third-order valence-electron chi connectivity index (χ3n) is 11.2. The molecular formula is C38H46N2O6. The van der Waals surface area contributed by atoms with Crippen LogP contribution in [0.2, 0.25) is 0 Å². The number of aromatic hydroxyl groups is 3. The molecule has 0 unspecified atom stereocenters. The van der Waals surface area contributed by atoms with Crippen molar-refractivity contribution < 1.29 is 29.9 Å². The van der Waals surface area contributed by atoms with Gasteiger partial charge in [-0.3, -0.25) is 0 Å². The fraction of sp³-hybridized carbons (Fsp3) is 0.474. The van der Waals surface area contributed by atoms with E-state index in [0.29, 0.717) is 36.5 Å². The fourth-order valence-corrected chi connectivity index (χ4v) is 8.76. The molecule has 8 heteroatoms. The zero-order valence-electron chi connectivity index (χ0n) is 26.6. The Hall–Kier alpha value is -3.72. The Kier molecular flexibility index (Phi) is 8.61. The second-order valence-electron chi connectivity index (χ2n) is 13.7. The summed E-state index contributed by atoms with van der Waals surface area (Å²) in [6, 6.07) is 10.0. The van der Waals surface area contributed by atoms with Gasteiger partial charge in [0, 0.05) is 54.2 Å². The first-order chi connectivity index (χ1) is 22.3. The van der Waals surface area contributed by atoms with Crippen LogP contribution in [0.15, 0.2) is 67.0 Å². The second kappa shape index (κ2) is 12.8. The molecule has 1 saturated heterocycles. The Balaban J connectivity index is 1.15. The number of likely N-dealkylation sites (N-methyl/N-ethyl adjacent to an activating group) is 1. The maximum atomic E-state index is 11.4. The Morgan fingerprint density at radius 1 is 0.978 bits per heavy atom. The molecule has 1 aliphatic heterocycles. The summed E-state index contributed by atoms with van der Waals surface area (Å²) in [6.07, 6.45) is 17.3. The van der Waals surface area contributed by atoms with Crippen molar-refractivity contribution in [2.75, 3.05) is 14.2 Å². The summed E-state index contributed by atoms with van der Waals surface area (Å²) in [5.74, 6) is 1.31. The molecule has 2 aromatic carbocycles. The average Bonchev–Trinajstić information content (AvgIpc) is 3.59. The molecule has 0 radical (unpaired) electrons. The lowest BCUT2D eigenvalue weighted by atomic mass is 9.67. The maximum absolute atomic E-state index is 11.4. The number of phenols is 3. The maximum Gasteiger partial charge on any atom is 0.200 e. The number of fused-ring (bicyclic) bond motifs is 2. The normalized spacial score (nSPS) is 32.1. The van der Waals surface area contributed by atoms with Gasteiger partial charge in [-0.25, -0.2) is 0 Å². The summed E-state index contributed by atoms with van der Waals surface area (Å²) < 4.78 is 12.4. The number of ether oxygens (including phenoxy) is 2. The van der Waals surface area contributed by atoms with E-state index in [0.717, 1.165) is 54.4 Å². The molecule has 4 aliphatic rings.